The number of cyclic esters (lactones) is 2. The molecule has 0 aromatic carbocycles. The molecule has 10 heteroatoms. The molecule has 3 rings (SSSR count). The van der Waals surface area contributed by atoms with Crippen molar-refractivity contribution in [2.75, 3.05) is 13.2 Å². The number of carbonyl (C=O) groups excluding carboxylic acids is 3. The van der Waals surface area contributed by atoms with Crippen molar-refractivity contribution in [3.63, 3.8) is 0 Å². The highest BCUT2D eigenvalue weighted by Gasteiger charge is 2.48. The maximum atomic E-state index is 13.0. The second-order valence-corrected chi connectivity index (χ2v) is 8.99. The van der Waals surface area contributed by atoms with Crippen LogP contribution < -0.4 is 5.32 Å². The Hall–Kier alpha value is -2.36. The molecule has 2 unspecified atom stereocenters. The molecule has 2 heterocycles. The summed E-state index contributed by atoms with van der Waals surface area (Å²) in [5.74, 6) is -1.18. The first-order valence-corrected chi connectivity index (χ1v) is 11.6. The number of carboxylic acid groups (broad SMARTS) is 1. The van der Waals surface area contributed by atoms with Crippen LogP contribution in [0.1, 0.15) is 65.2 Å². The van der Waals surface area contributed by atoms with Gasteiger partial charge in [-0.1, -0.05) is 12.8 Å². The summed E-state index contributed by atoms with van der Waals surface area (Å²) >= 11 is 0. The Morgan fingerprint density at radius 3 is 2.66 bits per heavy atom. The van der Waals surface area contributed by atoms with Gasteiger partial charge in [0.15, 0.2) is 6.10 Å². The molecule has 3 aliphatic rings. The largest absolute Gasteiger partial charge is 0.509 e. The number of nitrogens with zero attached hydrogens (tertiary/aromatic N) is 1. The average Bonchev–Trinajstić information content (AvgIpc) is 3.30. The monoisotopic (exact) mass is 454 g/mol. The Labute approximate surface area is 187 Å². The summed E-state index contributed by atoms with van der Waals surface area (Å²) in [4.78, 5) is 49.2. The number of hydrogen-bond acceptors (Lipinski definition) is 8. The minimum atomic E-state index is -0.924. The Morgan fingerprint density at radius 1 is 1.22 bits per heavy atom. The molecule has 0 aromatic heterocycles. The third kappa shape index (κ3) is 5.90. The molecule has 32 heavy (non-hydrogen) atoms. The summed E-state index contributed by atoms with van der Waals surface area (Å²) in [5, 5.41) is 12.8. The van der Waals surface area contributed by atoms with Crippen LogP contribution in [0.4, 0.5) is 4.79 Å². The fourth-order valence-electron chi connectivity index (χ4n) is 4.91. The normalized spacial score (nSPS) is 30.2. The molecule has 0 bridgehead atoms. The lowest BCUT2D eigenvalue weighted by Crippen LogP contribution is -2.53. The van der Waals surface area contributed by atoms with Gasteiger partial charge in [-0.15, -0.1) is 0 Å². The molecule has 2 N–H and O–H groups in total. The van der Waals surface area contributed by atoms with Crippen molar-refractivity contribution in [1.29, 1.82) is 0 Å². The van der Waals surface area contributed by atoms with Gasteiger partial charge in [0, 0.05) is 12.5 Å². The van der Waals surface area contributed by atoms with Crippen LogP contribution in [0.25, 0.3) is 0 Å². The Balaban J connectivity index is 1.35. The predicted molar refractivity (Wildman–Crippen MR) is 112 cm³/mol. The van der Waals surface area contributed by atoms with Crippen LogP contribution in [0.15, 0.2) is 0 Å². The highest BCUT2D eigenvalue weighted by Crippen LogP contribution is 2.40. The molecule has 0 spiro atoms. The van der Waals surface area contributed by atoms with E-state index < -0.39 is 36.4 Å². The zero-order valence-corrected chi connectivity index (χ0v) is 18.8. The number of unbranched alkanes of at least 4 members (excludes halogenated alkanes) is 1. The minimum Gasteiger partial charge on any atom is -0.480 e. The van der Waals surface area contributed by atoms with Crippen molar-refractivity contribution >= 4 is 24.0 Å². The van der Waals surface area contributed by atoms with Crippen LogP contribution >= 0.6 is 0 Å². The number of rotatable bonds is 10. The quantitative estimate of drug-likeness (QED) is 0.375. The molecule has 10 nitrogen and oxygen atoms in total. The zero-order chi connectivity index (χ0) is 23.3. The minimum absolute atomic E-state index is 0.0295. The molecular weight excluding hydrogens is 420 g/mol. The molecular formula is C22H34N2O8. The molecule has 1 amide bonds. The lowest BCUT2D eigenvalue weighted by molar-refractivity contribution is -0.150. The van der Waals surface area contributed by atoms with E-state index >= 15 is 0 Å². The van der Waals surface area contributed by atoms with Gasteiger partial charge in [-0.05, 0) is 58.4 Å². The number of amides is 1. The molecule has 3 fully saturated rings. The molecule has 1 aliphatic carbocycles. The van der Waals surface area contributed by atoms with Gasteiger partial charge in [-0.3, -0.25) is 9.59 Å². The number of fused-ring (bicyclic) bond motifs is 1. The van der Waals surface area contributed by atoms with E-state index in [2.05, 4.69) is 5.32 Å². The first-order chi connectivity index (χ1) is 15.3. The van der Waals surface area contributed by atoms with Gasteiger partial charge in [0.1, 0.15) is 18.8 Å². The Kier molecular flexibility index (Phi) is 8.33. The molecule has 180 valence electrons. The van der Waals surface area contributed by atoms with Gasteiger partial charge in [0.2, 0.25) is 5.91 Å². The van der Waals surface area contributed by atoms with Crippen molar-refractivity contribution in [3.05, 3.63) is 0 Å². The SMILES string of the molecule is CC(NCCCCC(=O)OC[C@@H]1OC(=O)OC1C)C(=O)N1[C@H](C(=O)O)C[C@@H]2CCCC[C@@H]21. The standard InChI is InChI=1S/C22H34N2O8/c1-13(20(26)24-16-8-4-3-7-15(16)11-17(24)21(27)28)23-10-6-5-9-19(25)30-12-18-14(2)31-22(29)32-18/h13-18,23H,3-12H2,1-2H3,(H,27,28)/t13?,14?,15-,16-,17-,18-/m0/s1. The summed E-state index contributed by atoms with van der Waals surface area (Å²) in [5.41, 5.74) is 0. The number of carbonyl (C=O) groups is 4. The summed E-state index contributed by atoms with van der Waals surface area (Å²) in [6.45, 7) is 3.94. The lowest BCUT2D eigenvalue weighted by atomic mass is 9.84. The van der Waals surface area contributed by atoms with Gasteiger partial charge in [-0.2, -0.15) is 0 Å². The highest BCUT2D eigenvalue weighted by molar-refractivity contribution is 5.87. The van der Waals surface area contributed by atoms with Gasteiger partial charge in [-0.25, -0.2) is 9.59 Å². The number of esters is 1. The smallest absolute Gasteiger partial charge is 0.480 e. The van der Waals surface area contributed by atoms with Gasteiger partial charge >= 0.3 is 18.1 Å². The predicted octanol–water partition coefficient (Wildman–Crippen LogP) is 1.85. The number of ether oxygens (including phenoxy) is 3. The van der Waals surface area contributed by atoms with E-state index in [1.807, 2.05) is 0 Å². The van der Waals surface area contributed by atoms with Crippen LogP contribution in [0.2, 0.25) is 0 Å². The number of aliphatic carboxylic acids is 1. The maximum absolute atomic E-state index is 13.0. The van der Waals surface area contributed by atoms with E-state index in [0.29, 0.717) is 25.8 Å². The van der Waals surface area contributed by atoms with Crippen LogP contribution in [-0.2, 0) is 28.6 Å². The number of hydrogen-bond donors (Lipinski definition) is 2. The third-order valence-corrected chi connectivity index (χ3v) is 6.72. The summed E-state index contributed by atoms with van der Waals surface area (Å²) in [6.07, 6.45) is 4.23. The molecule has 2 aliphatic heterocycles. The van der Waals surface area contributed by atoms with E-state index in [0.717, 1.165) is 25.7 Å². The van der Waals surface area contributed by atoms with E-state index in [1.165, 1.54) is 0 Å². The topological polar surface area (TPSA) is 131 Å². The van der Waals surface area contributed by atoms with Gasteiger partial charge < -0.3 is 29.5 Å². The third-order valence-electron chi connectivity index (χ3n) is 6.72. The van der Waals surface area contributed by atoms with Crippen molar-refractivity contribution < 1.29 is 38.5 Å². The van der Waals surface area contributed by atoms with E-state index in [-0.39, 0.29) is 36.9 Å². The first kappa shape index (κ1) is 24.3. The molecule has 2 saturated heterocycles. The number of nitrogens with one attached hydrogen (secondary N) is 1. The van der Waals surface area contributed by atoms with Crippen LogP contribution in [0, 0.1) is 5.92 Å². The first-order valence-electron chi connectivity index (χ1n) is 11.6. The molecule has 0 radical (unpaired) electrons. The van der Waals surface area contributed by atoms with Crippen molar-refractivity contribution in [1.82, 2.24) is 10.2 Å². The van der Waals surface area contributed by atoms with E-state index in [1.54, 1.807) is 18.7 Å². The molecule has 0 aromatic rings. The van der Waals surface area contributed by atoms with Crippen molar-refractivity contribution in [2.45, 2.75) is 95.5 Å². The Morgan fingerprint density at radius 2 is 1.97 bits per heavy atom. The van der Waals surface area contributed by atoms with Crippen LogP contribution in [0.3, 0.4) is 0 Å². The molecule has 1 saturated carbocycles. The second-order valence-electron chi connectivity index (χ2n) is 8.99. The van der Waals surface area contributed by atoms with Crippen LogP contribution in [-0.4, -0.2) is 77.5 Å². The maximum Gasteiger partial charge on any atom is 0.509 e. The lowest BCUT2D eigenvalue weighted by Gasteiger charge is -2.34. The fourth-order valence-corrected chi connectivity index (χ4v) is 4.91. The zero-order valence-electron chi connectivity index (χ0n) is 18.8. The Bertz CT molecular complexity index is 714. The molecule has 6 atom stereocenters. The van der Waals surface area contributed by atoms with Crippen molar-refractivity contribution in [3.8, 4) is 0 Å². The number of likely N-dealkylation sites (tertiary alicyclic amines) is 1. The van der Waals surface area contributed by atoms with E-state index in [9.17, 15) is 24.3 Å². The average molecular weight is 455 g/mol. The second kappa shape index (κ2) is 11.0. The summed E-state index contributed by atoms with van der Waals surface area (Å²) < 4.78 is 14.8. The van der Waals surface area contributed by atoms with Crippen LogP contribution in [0.5, 0.6) is 0 Å². The summed E-state index contributed by atoms with van der Waals surface area (Å²) in [6, 6.07) is -1.19. The number of carboxylic acids is 1. The fraction of sp³-hybridized carbons (Fsp3) is 0.818. The highest BCUT2D eigenvalue weighted by atomic mass is 16.8. The van der Waals surface area contributed by atoms with Gasteiger partial charge in [0.05, 0.1) is 6.04 Å². The van der Waals surface area contributed by atoms with Gasteiger partial charge in [0.25, 0.3) is 0 Å². The summed E-state index contributed by atoms with van der Waals surface area (Å²) in [7, 11) is 0. The van der Waals surface area contributed by atoms with Crippen molar-refractivity contribution in [2.24, 2.45) is 5.92 Å². The van der Waals surface area contributed by atoms with E-state index in [4.69, 9.17) is 14.2 Å².